The number of anilines is 6. The van der Waals surface area contributed by atoms with Crippen molar-refractivity contribution >= 4 is 88.7 Å². The van der Waals surface area contributed by atoms with Gasteiger partial charge in [0.1, 0.15) is 0 Å². The lowest BCUT2D eigenvalue weighted by Gasteiger charge is -2.45. The van der Waals surface area contributed by atoms with E-state index in [0.717, 1.165) is 0 Å². The van der Waals surface area contributed by atoms with E-state index in [9.17, 15) is 0 Å². The lowest BCUT2D eigenvalue weighted by atomic mass is 9.33. The van der Waals surface area contributed by atoms with E-state index in [1.54, 1.807) is 0 Å². The van der Waals surface area contributed by atoms with E-state index in [4.69, 9.17) is 0 Å². The molecule has 1 aromatic heterocycles. The Morgan fingerprint density at radius 1 is 0.426 bits per heavy atom. The Morgan fingerprint density at radius 3 is 1.41 bits per heavy atom. The van der Waals surface area contributed by atoms with Gasteiger partial charge in [0.25, 0.3) is 6.71 Å². The summed E-state index contributed by atoms with van der Waals surface area (Å²) in [6, 6.07) is 41.2. The van der Waals surface area contributed by atoms with Gasteiger partial charge in [-0.15, -0.1) is 11.3 Å². The average Bonchev–Trinajstić information content (AvgIpc) is 3.54. The second-order valence-electron chi connectivity index (χ2n) is 23.3. The fraction of sp³-hybridized carbons (Fsp3) is 0.368. The summed E-state index contributed by atoms with van der Waals surface area (Å²) in [5, 5.41) is 2.71. The number of benzene rings is 6. The minimum atomic E-state index is -0.0175. The minimum Gasteiger partial charge on any atom is -0.311 e. The van der Waals surface area contributed by atoms with Crippen LogP contribution in [0.5, 0.6) is 0 Å². The molecule has 61 heavy (non-hydrogen) atoms. The zero-order valence-electron chi connectivity index (χ0n) is 39.7. The van der Waals surface area contributed by atoms with Crippen molar-refractivity contribution in [2.45, 2.75) is 138 Å². The molecular formula is C57H65BN2S. The third kappa shape index (κ3) is 6.84. The second-order valence-corrected chi connectivity index (χ2v) is 24.4. The molecule has 0 amide bonds. The van der Waals surface area contributed by atoms with Crippen molar-refractivity contribution in [3.8, 4) is 0 Å². The molecule has 0 spiro atoms. The largest absolute Gasteiger partial charge is 0.311 e. The van der Waals surface area contributed by atoms with Crippen molar-refractivity contribution in [2.24, 2.45) is 0 Å². The highest BCUT2D eigenvalue weighted by Gasteiger charge is 2.45. The van der Waals surface area contributed by atoms with E-state index in [2.05, 4.69) is 224 Å². The molecule has 0 unspecified atom stereocenters. The number of fused-ring (bicyclic) bond motifs is 7. The zero-order valence-corrected chi connectivity index (χ0v) is 40.5. The number of rotatable bonds is 2. The molecule has 2 aliphatic heterocycles. The highest BCUT2D eigenvalue weighted by Crippen LogP contribution is 2.51. The first kappa shape index (κ1) is 41.6. The molecule has 3 heterocycles. The Bertz CT molecular complexity index is 2890. The summed E-state index contributed by atoms with van der Waals surface area (Å²) < 4.78 is 2.74. The fourth-order valence-corrected chi connectivity index (χ4v) is 11.3. The topological polar surface area (TPSA) is 6.48 Å². The molecule has 0 N–H and O–H groups in total. The van der Waals surface area contributed by atoms with Crippen LogP contribution in [0, 0.1) is 6.92 Å². The molecule has 2 aliphatic rings. The minimum absolute atomic E-state index is 0.00624. The van der Waals surface area contributed by atoms with Crippen molar-refractivity contribution in [3.63, 3.8) is 0 Å². The second kappa shape index (κ2) is 13.6. The third-order valence-electron chi connectivity index (χ3n) is 13.4. The molecule has 0 saturated carbocycles. The average molecular weight is 821 g/mol. The number of hydrogen-bond donors (Lipinski definition) is 0. The molecule has 9 rings (SSSR count). The summed E-state index contributed by atoms with van der Waals surface area (Å²) in [6.45, 7) is 37.5. The van der Waals surface area contributed by atoms with Crippen LogP contribution < -0.4 is 26.2 Å². The molecule has 0 radical (unpaired) electrons. The zero-order chi connectivity index (χ0) is 43.9. The Kier molecular flexibility index (Phi) is 9.26. The van der Waals surface area contributed by atoms with E-state index >= 15 is 0 Å². The lowest BCUT2D eigenvalue weighted by Crippen LogP contribution is -2.61. The monoisotopic (exact) mass is 820 g/mol. The van der Waals surface area contributed by atoms with E-state index in [1.165, 1.54) is 104 Å². The number of nitrogens with zero attached hydrogens (tertiary/aromatic N) is 2. The molecule has 0 atom stereocenters. The van der Waals surface area contributed by atoms with Crippen LogP contribution in [0.15, 0.2) is 103 Å². The van der Waals surface area contributed by atoms with Crippen molar-refractivity contribution in [1.82, 2.24) is 0 Å². The van der Waals surface area contributed by atoms with Gasteiger partial charge in [-0.05, 0) is 138 Å². The Morgan fingerprint density at radius 2 is 0.885 bits per heavy atom. The van der Waals surface area contributed by atoms with Crippen LogP contribution in [0.4, 0.5) is 34.1 Å². The standard InChI is InChI=1S/C57H65BN2S/c1-34-29-47-51-48(30-34)60(46-27-24-41(57(14,15)16)52-50(46)40-31-36(54(5,6)7)21-28-49(40)61-52)45-26-20-38(56(11,12)13)33-43(45)58(51)42-32-37(55(8,9)10)19-25-44(42)59(47)39-22-17-35(18-23-39)53(2,3)4/h17-33H,1-16H3. The highest BCUT2D eigenvalue weighted by atomic mass is 32.1. The molecule has 0 fully saturated rings. The van der Waals surface area contributed by atoms with Crippen LogP contribution >= 0.6 is 11.3 Å². The maximum atomic E-state index is 2.66. The molecule has 0 aliphatic carbocycles. The van der Waals surface area contributed by atoms with Crippen molar-refractivity contribution < 1.29 is 0 Å². The van der Waals surface area contributed by atoms with E-state index < -0.39 is 0 Å². The lowest BCUT2D eigenvalue weighted by molar-refractivity contribution is 0.590. The van der Waals surface area contributed by atoms with Crippen molar-refractivity contribution in [3.05, 3.63) is 137 Å². The molecular weight excluding hydrogens is 756 g/mol. The van der Waals surface area contributed by atoms with Gasteiger partial charge in [0.15, 0.2) is 0 Å². The van der Waals surface area contributed by atoms with Crippen LogP contribution in [0.1, 0.15) is 137 Å². The summed E-state index contributed by atoms with van der Waals surface area (Å²) in [4.78, 5) is 5.23. The summed E-state index contributed by atoms with van der Waals surface area (Å²) in [5.74, 6) is 0. The van der Waals surface area contributed by atoms with Crippen LogP contribution in [0.25, 0.3) is 20.2 Å². The van der Waals surface area contributed by atoms with Gasteiger partial charge in [0.2, 0.25) is 0 Å². The van der Waals surface area contributed by atoms with Crippen molar-refractivity contribution in [2.75, 3.05) is 9.80 Å². The summed E-state index contributed by atoms with van der Waals surface area (Å²) in [7, 11) is 0. The fourth-order valence-electron chi connectivity index (χ4n) is 9.83. The van der Waals surface area contributed by atoms with Gasteiger partial charge < -0.3 is 9.80 Å². The first-order valence-electron chi connectivity index (χ1n) is 22.5. The van der Waals surface area contributed by atoms with Crippen LogP contribution in [0.3, 0.4) is 0 Å². The Labute approximate surface area is 371 Å². The number of thiophene rings is 1. The molecule has 0 saturated heterocycles. The quantitative estimate of drug-likeness (QED) is 0.160. The van der Waals surface area contributed by atoms with Crippen molar-refractivity contribution in [1.29, 1.82) is 0 Å². The Hall–Kier alpha value is -4.80. The summed E-state index contributed by atoms with van der Waals surface area (Å²) in [5.41, 5.74) is 19.8. The summed E-state index contributed by atoms with van der Waals surface area (Å²) >= 11 is 1.96. The first-order chi connectivity index (χ1) is 28.3. The molecule has 0 bridgehead atoms. The van der Waals surface area contributed by atoms with Gasteiger partial charge in [0, 0.05) is 48.6 Å². The van der Waals surface area contributed by atoms with Gasteiger partial charge in [-0.25, -0.2) is 0 Å². The molecule has 4 heteroatoms. The van der Waals surface area contributed by atoms with Gasteiger partial charge in [-0.3, -0.25) is 0 Å². The molecule has 312 valence electrons. The number of aryl methyl sites for hydroxylation is 1. The van der Waals surface area contributed by atoms with Gasteiger partial charge in [-0.2, -0.15) is 0 Å². The normalized spacial score (nSPS) is 14.5. The van der Waals surface area contributed by atoms with Gasteiger partial charge >= 0.3 is 0 Å². The molecule has 6 aromatic carbocycles. The highest BCUT2D eigenvalue weighted by molar-refractivity contribution is 7.26. The predicted molar refractivity (Wildman–Crippen MR) is 272 cm³/mol. The van der Waals surface area contributed by atoms with Gasteiger partial charge in [-0.1, -0.05) is 152 Å². The van der Waals surface area contributed by atoms with E-state index in [-0.39, 0.29) is 33.8 Å². The smallest absolute Gasteiger partial charge is 0.252 e. The first-order valence-corrected chi connectivity index (χ1v) is 23.3. The van der Waals surface area contributed by atoms with Crippen LogP contribution in [0.2, 0.25) is 0 Å². The molecule has 2 nitrogen and oxygen atoms in total. The van der Waals surface area contributed by atoms with E-state index in [1.807, 2.05) is 11.3 Å². The maximum Gasteiger partial charge on any atom is 0.252 e. The third-order valence-corrected chi connectivity index (χ3v) is 14.6. The van der Waals surface area contributed by atoms with Gasteiger partial charge in [0.05, 0.1) is 5.69 Å². The Balaban J connectivity index is 1.43. The molecule has 7 aromatic rings. The summed E-state index contributed by atoms with van der Waals surface area (Å²) in [6.07, 6.45) is 0. The SMILES string of the molecule is Cc1cc2c3c(c1)N(c1ccc(C(C)(C)C)c4sc5ccc(C(C)(C)C)cc5c14)c1ccc(C(C)(C)C)cc1B3c1cc(C(C)(C)C)ccc1N2c1ccc(C(C)(C)C)cc1. The maximum absolute atomic E-state index is 2.66. The number of hydrogen-bond acceptors (Lipinski definition) is 3. The van der Waals surface area contributed by atoms with Crippen LogP contribution in [-0.2, 0) is 27.1 Å². The van der Waals surface area contributed by atoms with Crippen LogP contribution in [-0.4, -0.2) is 6.71 Å². The van der Waals surface area contributed by atoms with E-state index in [0.29, 0.717) is 0 Å². The predicted octanol–water partition coefficient (Wildman–Crippen LogP) is 14.9.